The van der Waals surface area contributed by atoms with Crippen LogP contribution in [0.4, 0.5) is 4.39 Å². The number of amides is 2. The van der Waals surface area contributed by atoms with E-state index in [1.807, 2.05) is 13.8 Å². The monoisotopic (exact) mass is 584 g/mol. The van der Waals surface area contributed by atoms with Gasteiger partial charge in [-0.2, -0.15) is 0 Å². The molecule has 0 heterocycles. The molecule has 39 heavy (non-hydrogen) atoms. The van der Waals surface area contributed by atoms with E-state index in [0.29, 0.717) is 34.8 Å². The molecule has 9 nitrogen and oxygen atoms in total. The fourth-order valence-electron chi connectivity index (χ4n) is 3.94. The number of nitrogens with zero attached hydrogens (tertiary/aromatic N) is 1. The van der Waals surface area contributed by atoms with Gasteiger partial charge in [-0.05, 0) is 48.6 Å². The lowest BCUT2D eigenvalue weighted by atomic mass is 9.99. The van der Waals surface area contributed by atoms with Crippen molar-refractivity contribution in [3.8, 4) is 11.1 Å². The Balaban J connectivity index is 2.10. The minimum absolute atomic E-state index is 0.181. The first-order chi connectivity index (χ1) is 18.4. The second-order valence-electron chi connectivity index (χ2n) is 9.17. The molecule has 0 saturated heterocycles. The van der Waals surface area contributed by atoms with Gasteiger partial charge in [0.05, 0.1) is 12.6 Å². The number of benzene rings is 2. The summed E-state index contributed by atoms with van der Waals surface area (Å²) in [5.41, 5.74) is 1.62. The van der Waals surface area contributed by atoms with Crippen molar-refractivity contribution in [1.82, 2.24) is 10.2 Å². The van der Waals surface area contributed by atoms with Crippen molar-refractivity contribution in [2.24, 2.45) is 0 Å². The lowest BCUT2D eigenvalue weighted by Crippen LogP contribution is -2.40. The van der Waals surface area contributed by atoms with E-state index >= 15 is 0 Å². The quantitative estimate of drug-likeness (QED) is 0.210. The highest BCUT2D eigenvalue weighted by molar-refractivity contribution is 7.51. The fraction of sp³-hybridized carbons (Fsp3) is 0.444. The molecule has 0 aliphatic rings. The van der Waals surface area contributed by atoms with Gasteiger partial charge in [0.25, 0.3) is 5.91 Å². The Morgan fingerprint density at radius 1 is 1.08 bits per heavy atom. The van der Waals surface area contributed by atoms with Gasteiger partial charge in [0.2, 0.25) is 5.91 Å². The van der Waals surface area contributed by atoms with Gasteiger partial charge in [-0.1, -0.05) is 49.7 Å². The van der Waals surface area contributed by atoms with Crippen LogP contribution < -0.4 is 5.32 Å². The standard InChI is InChI=1S/C27H35ClFN2O7P/c1-3-12-31(13-4-2)26(33)18-38-27(34)17-22(30-25(32)11-14-39(35,36)37)15-19-5-7-20(8-6-19)23-16-21(28)9-10-24(23)29/h5-10,16,22H,3-4,11-15,17-18H2,1-2H3,(H,30,32)(H2,35,36,37). The molecule has 2 rings (SSSR count). The zero-order valence-corrected chi connectivity index (χ0v) is 23.7. The van der Waals surface area contributed by atoms with Crippen molar-refractivity contribution in [3.63, 3.8) is 0 Å². The molecule has 0 radical (unpaired) electrons. The molecule has 0 saturated carbocycles. The number of hydrogen-bond donors (Lipinski definition) is 3. The lowest BCUT2D eigenvalue weighted by molar-refractivity contribution is -0.152. The van der Waals surface area contributed by atoms with Crippen LogP contribution in [0.5, 0.6) is 0 Å². The van der Waals surface area contributed by atoms with Crippen molar-refractivity contribution in [1.29, 1.82) is 0 Å². The van der Waals surface area contributed by atoms with E-state index < -0.39 is 50.5 Å². The number of carbonyl (C=O) groups is 3. The third kappa shape index (κ3) is 11.9. The van der Waals surface area contributed by atoms with E-state index in [4.69, 9.17) is 26.1 Å². The third-order valence-corrected chi connectivity index (χ3v) is 6.82. The smallest absolute Gasteiger partial charge is 0.326 e. The Morgan fingerprint density at radius 2 is 1.72 bits per heavy atom. The molecule has 0 spiro atoms. The zero-order chi connectivity index (χ0) is 29.0. The largest absolute Gasteiger partial charge is 0.456 e. The molecule has 0 fully saturated rings. The fourth-order valence-corrected chi connectivity index (χ4v) is 4.61. The van der Waals surface area contributed by atoms with Crippen LogP contribution in [0, 0.1) is 5.82 Å². The summed E-state index contributed by atoms with van der Waals surface area (Å²) in [6.07, 6.45) is 0.400. The van der Waals surface area contributed by atoms with Gasteiger partial charge in [-0.25, -0.2) is 4.39 Å². The number of rotatable bonds is 15. The topological polar surface area (TPSA) is 133 Å². The molecule has 2 aromatic rings. The normalized spacial score (nSPS) is 12.1. The van der Waals surface area contributed by atoms with Gasteiger partial charge in [-0.3, -0.25) is 18.9 Å². The van der Waals surface area contributed by atoms with Gasteiger partial charge in [-0.15, -0.1) is 0 Å². The molecule has 1 atom stereocenters. The number of halogens is 2. The van der Waals surface area contributed by atoms with Crippen molar-refractivity contribution < 1.29 is 37.9 Å². The molecule has 12 heteroatoms. The Bertz CT molecular complexity index is 1170. The van der Waals surface area contributed by atoms with Crippen LogP contribution in [0.15, 0.2) is 42.5 Å². The number of hydrogen-bond acceptors (Lipinski definition) is 5. The molecule has 0 aliphatic carbocycles. The second kappa shape index (κ2) is 15.7. The summed E-state index contributed by atoms with van der Waals surface area (Å²) in [7, 11) is -4.38. The van der Waals surface area contributed by atoms with Crippen LogP contribution in [0.25, 0.3) is 11.1 Å². The molecule has 2 aromatic carbocycles. The van der Waals surface area contributed by atoms with Crippen LogP contribution in [0.3, 0.4) is 0 Å². The Labute approximate surface area is 232 Å². The van der Waals surface area contributed by atoms with Crippen molar-refractivity contribution >= 4 is 37.0 Å². The van der Waals surface area contributed by atoms with Gasteiger partial charge >= 0.3 is 13.6 Å². The molecular weight excluding hydrogens is 550 g/mol. The second-order valence-corrected chi connectivity index (χ2v) is 11.4. The maximum absolute atomic E-state index is 14.2. The first-order valence-electron chi connectivity index (χ1n) is 12.7. The van der Waals surface area contributed by atoms with Gasteiger partial charge < -0.3 is 24.7 Å². The first kappa shape index (κ1) is 32.4. The average Bonchev–Trinajstić information content (AvgIpc) is 2.87. The molecule has 0 aromatic heterocycles. The van der Waals surface area contributed by atoms with Crippen molar-refractivity contribution in [2.75, 3.05) is 25.9 Å². The van der Waals surface area contributed by atoms with Crippen LogP contribution in [-0.4, -0.2) is 64.4 Å². The minimum atomic E-state index is -4.38. The predicted molar refractivity (Wildman–Crippen MR) is 147 cm³/mol. The Kier molecular flexibility index (Phi) is 13.1. The summed E-state index contributed by atoms with van der Waals surface area (Å²) >= 11 is 5.99. The van der Waals surface area contributed by atoms with E-state index in [2.05, 4.69) is 5.32 Å². The average molecular weight is 585 g/mol. The van der Waals surface area contributed by atoms with Crippen LogP contribution in [-0.2, 0) is 30.1 Å². The lowest BCUT2D eigenvalue weighted by Gasteiger charge is -2.22. The first-order valence-corrected chi connectivity index (χ1v) is 14.9. The maximum atomic E-state index is 14.2. The van der Waals surface area contributed by atoms with Gasteiger partial charge in [0, 0.05) is 36.1 Å². The summed E-state index contributed by atoms with van der Waals surface area (Å²) in [6.45, 7) is 4.58. The molecule has 214 valence electrons. The number of carbonyl (C=O) groups excluding carboxylic acids is 3. The zero-order valence-electron chi connectivity index (χ0n) is 22.1. The van der Waals surface area contributed by atoms with Crippen molar-refractivity contribution in [3.05, 3.63) is 58.9 Å². The number of nitrogens with one attached hydrogen (secondary N) is 1. The molecular formula is C27H35ClFN2O7P. The molecule has 0 bridgehead atoms. The van der Waals surface area contributed by atoms with E-state index in [-0.39, 0.29) is 18.7 Å². The Hall–Kier alpha value is -2.78. The predicted octanol–water partition coefficient (Wildman–Crippen LogP) is 4.32. The Morgan fingerprint density at radius 3 is 2.31 bits per heavy atom. The van der Waals surface area contributed by atoms with Crippen LogP contribution >= 0.6 is 19.2 Å². The number of ether oxygens (including phenoxy) is 1. The molecule has 0 aliphatic heterocycles. The SMILES string of the molecule is CCCN(CCC)C(=O)COC(=O)CC(Cc1ccc(-c2cc(Cl)ccc2F)cc1)NC(=O)CCP(=O)(O)O. The van der Waals surface area contributed by atoms with E-state index in [1.54, 1.807) is 29.2 Å². The third-order valence-electron chi connectivity index (χ3n) is 5.78. The van der Waals surface area contributed by atoms with E-state index in [1.165, 1.54) is 18.2 Å². The van der Waals surface area contributed by atoms with Crippen LogP contribution in [0.2, 0.25) is 5.02 Å². The summed E-state index contributed by atoms with van der Waals surface area (Å²) in [6, 6.07) is 10.3. The highest BCUT2D eigenvalue weighted by atomic mass is 35.5. The van der Waals surface area contributed by atoms with Gasteiger partial charge in [0.15, 0.2) is 6.61 Å². The number of esters is 1. The van der Waals surface area contributed by atoms with Crippen molar-refractivity contribution in [2.45, 2.75) is 52.0 Å². The molecule has 3 N–H and O–H groups in total. The summed E-state index contributed by atoms with van der Waals surface area (Å²) in [4.78, 5) is 57.1. The summed E-state index contributed by atoms with van der Waals surface area (Å²) in [5.74, 6) is -2.08. The van der Waals surface area contributed by atoms with E-state index in [0.717, 1.165) is 12.8 Å². The summed E-state index contributed by atoms with van der Waals surface area (Å²) in [5, 5.41) is 3.01. The van der Waals surface area contributed by atoms with Crippen LogP contribution in [0.1, 0.15) is 45.1 Å². The maximum Gasteiger partial charge on any atom is 0.326 e. The highest BCUT2D eigenvalue weighted by Crippen LogP contribution is 2.34. The molecule has 2 amide bonds. The highest BCUT2D eigenvalue weighted by Gasteiger charge is 2.22. The van der Waals surface area contributed by atoms with E-state index in [9.17, 15) is 23.3 Å². The van der Waals surface area contributed by atoms with Gasteiger partial charge in [0.1, 0.15) is 5.82 Å². The minimum Gasteiger partial charge on any atom is -0.456 e. The molecule has 1 unspecified atom stereocenters. The summed E-state index contributed by atoms with van der Waals surface area (Å²) < 4.78 is 30.6.